The van der Waals surface area contributed by atoms with Gasteiger partial charge in [0.15, 0.2) is 0 Å². The zero-order chi connectivity index (χ0) is 15.9. The fraction of sp³-hybridized carbons (Fsp3) is 0.867. The summed E-state index contributed by atoms with van der Waals surface area (Å²) in [6, 6.07) is 0. The average molecular weight is 300 g/mol. The molecule has 0 aromatic rings. The van der Waals surface area contributed by atoms with Crippen molar-refractivity contribution in [2.45, 2.75) is 58.7 Å². The Morgan fingerprint density at radius 2 is 2.05 bits per heavy atom. The van der Waals surface area contributed by atoms with Crippen molar-refractivity contribution in [3.8, 4) is 0 Å². The van der Waals surface area contributed by atoms with Gasteiger partial charge in [0.2, 0.25) is 5.91 Å². The lowest BCUT2D eigenvalue weighted by atomic mass is 10.1. The maximum atomic E-state index is 12.1. The predicted octanol–water partition coefficient (Wildman–Crippen LogP) is 1.93. The molecule has 0 radical (unpaired) electrons. The quantitative estimate of drug-likeness (QED) is 0.842. The molecule has 0 bridgehead atoms. The van der Waals surface area contributed by atoms with Crippen LogP contribution >= 0.6 is 0 Å². The number of piperidine rings is 1. The third-order valence-electron chi connectivity index (χ3n) is 3.14. The van der Waals surface area contributed by atoms with Crippen molar-refractivity contribution in [2.24, 2.45) is 0 Å². The van der Waals surface area contributed by atoms with Crippen molar-refractivity contribution in [3.63, 3.8) is 0 Å². The number of carbonyl (C=O) groups excluding carboxylic acids is 2. The molecule has 0 aromatic carbocycles. The summed E-state index contributed by atoms with van der Waals surface area (Å²) in [5.74, 6) is 0.0514. The number of ether oxygens (including phenoxy) is 2. The fourth-order valence-corrected chi connectivity index (χ4v) is 2.28. The second kappa shape index (κ2) is 8.22. The van der Waals surface area contributed by atoms with Gasteiger partial charge < -0.3 is 19.7 Å². The summed E-state index contributed by atoms with van der Waals surface area (Å²) in [5, 5.41) is 2.61. The Morgan fingerprint density at radius 3 is 2.67 bits per heavy atom. The molecule has 6 nitrogen and oxygen atoms in total. The van der Waals surface area contributed by atoms with Gasteiger partial charge in [-0.05, 0) is 40.5 Å². The average Bonchev–Trinajstić information content (AvgIpc) is 2.37. The van der Waals surface area contributed by atoms with Crippen molar-refractivity contribution < 1.29 is 19.1 Å². The Kier molecular flexibility index (Phi) is 6.95. The summed E-state index contributed by atoms with van der Waals surface area (Å²) < 4.78 is 10.7. The molecular formula is C15H28N2O4. The molecule has 0 spiro atoms. The lowest BCUT2D eigenvalue weighted by Gasteiger charge is -2.32. The normalized spacial score (nSPS) is 19.2. The number of alkyl carbamates (subject to hydrolysis) is 1. The van der Waals surface area contributed by atoms with E-state index >= 15 is 0 Å². The van der Waals surface area contributed by atoms with E-state index in [1.807, 2.05) is 11.8 Å². The Bertz CT molecular complexity index is 350. The second-order valence-electron chi connectivity index (χ2n) is 6.24. The van der Waals surface area contributed by atoms with Gasteiger partial charge in [-0.3, -0.25) is 4.79 Å². The van der Waals surface area contributed by atoms with E-state index in [1.54, 1.807) is 20.8 Å². The van der Waals surface area contributed by atoms with Gasteiger partial charge in [-0.25, -0.2) is 4.79 Å². The molecule has 6 heteroatoms. The first-order chi connectivity index (χ1) is 9.81. The summed E-state index contributed by atoms with van der Waals surface area (Å²) in [6.07, 6.45) is 1.93. The monoisotopic (exact) mass is 300 g/mol. The highest BCUT2D eigenvalue weighted by Gasteiger charge is 2.23. The van der Waals surface area contributed by atoms with Gasteiger partial charge in [-0.15, -0.1) is 0 Å². The van der Waals surface area contributed by atoms with Crippen molar-refractivity contribution >= 4 is 12.0 Å². The van der Waals surface area contributed by atoms with Gasteiger partial charge in [0.25, 0.3) is 0 Å². The van der Waals surface area contributed by atoms with E-state index in [1.165, 1.54) is 0 Å². The maximum Gasteiger partial charge on any atom is 0.407 e. The molecular weight excluding hydrogens is 272 g/mol. The minimum absolute atomic E-state index is 0.0514. The third-order valence-corrected chi connectivity index (χ3v) is 3.14. The smallest absolute Gasteiger partial charge is 0.407 e. The van der Waals surface area contributed by atoms with Crippen molar-refractivity contribution in [2.75, 3.05) is 26.2 Å². The van der Waals surface area contributed by atoms with E-state index in [0.717, 1.165) is 19.4 Å². The predicted molar refractivity (Wildman–Crippen MR) is 80.1 cm³/mol. The number of carbonyl (C=O) groups is 2. The standard InChI is InChI=1S/C15H28N2O4/c1-5-20-12-7-6-10-17(11-12)13(18)8-9-16-14(19)21-15(2,3)4/h12H,5-11H2,1-4H3,(H,16,19)/t12-/m0/s1. The van der Waals surface area contributed by atoms with E-state index in [0.29, 0.717) is 19.7 Å². The van der Waals surface area contributed by atoms with Crippen LogP contribution in [0.2, 0.25) is 0 Å². The number of nitrogens with zero attached hydrogens (tertiary/aromatic N) is 1. The van der Waals surface area contributed by atoms with Gasteiger partial charge in [0.1, 0.15) is 5.60 Å². The summed E-state index contributed by atoms with van der Waals surface area (Å²) in [5.41, 5.74) is -0.522. The summed E-state index contributed by atoms with van der Waals surface area (Å²) in [4.78, 5) is 25.4. The molecule has 21 heavy (non-hydrogen) atoms. The van der Waals surface area contributed by atoms with E-state index in [-0.39, 0.29) is 18.4 Å². The number of nitrogens with one attached hydrogen (secondary N) is 1. The number of hydrogen-bond acceptors (Lipinski definition) is 4. The van der Waals surface area contributed by atoms with Gasteiger partial charge >= 0.3 is 6.09 Å². The SMILES string of the molecule is CCO[C@H]1CCCN(C(=O)CCNC(=O)OC(C)(C)C)C1. The van der Waals surface area contributed by atoms with Crippen LogP contribution in [0, 0.1) is 0 Å². The molecule has 1 atom stereocenters. The van der Waals surface area contributed by atoms with Crippen LogP contribution in [0.4, 0.5) is 4.79 Å². The lowest BCUT2D eigenvalue weighted by Crippen LogP contribution is -2.44. The molecule has 1 fully saturated rings. The first kappa shape index (κ1) is 17.8. The van der Waals surface area contributed by atoms with Gasteiger partial charge in [-0.1, -0.05) is 0 Å². The lowest BCUT2D eigenvalue weighted by molar-refractivity contribution is -0.135. The van der Waals surface area contributed by atoms with Crippen LogP contribution < -0.4 is 5.32 Å². The second-order valence-corrected chi connectivity index (χ2v) is 6.24. The molecule has 0 aliphatic carbocycles. The summed E-state index contributed by atoms with van der Waals surface area (Å²) in [7, 11) is 0. The molecule has 1 aliphatic rings. The minimum atomic E-state index is -0.522. The van der Waals surface area contributed by atoms with Crippen molar-refractivity contribution in [1.29, 1.82) is 0 Å². The highest BCUT2D eigenvalue weighted by atomic mass is 16.6. The summed E-state index contributed by atoms with van der Waals surface area (Å²) in [6.45, 7) is 9.77. The Hall–Kier alpha value is -1.30. The zero-order valence-corrected chi connectivity index (χ0v) is 13.6. The number of rotatable bonds is 5. The molecule has 1 saturated heterocycles. The first-order valence-electron chi connectivity index (χ1n) is 7.68. The number of hydrogen-bond donors (Lipinski definition) is 1. The number of amides is 2. The highest BCUT2D eigenvalue weighted by Crippen LogP contribution is 2.14. The number of likely N-dealkylation sites (tertiary alicyclic amines) is 1. The molecule has 1 N–H and O–H groups in total. The topological polar surface area (TPSA) is 67.9 Å². The maximum absolute atomic E-state index is 12.1. The van der Waals surface area contributed by atoms with Crippen LogP contribution in [-0.2, 0) is 14.3 Å². The van der Waals surface area contributed by atoms with Crippen LogP contribution in [0.25, 0.3) is 0 Å². The Labute approximate surface area is 127 Å². The molecule has 0 saturated carbocycles. The van der Waals surface area contributed by atoms with E-state index in [4.69, 9.17) is 9.47 Å². The van der Waals surface area contributed by atoms with Crippen LogP contribution in [0.1, 0.15) is 47.0 Å². The van der Waals surface area contributed by atoms with Crippen LogP contribution in [0.5, 0.6) is 0 Å². The first-order valence-corrected chi connectivity index (χ1v) is 7.68. The molecule has 0 unspecified atom stereocenters. The van der Waals surface area contributed by atoms with Gasteiger partial charge in [0, 0.05) is 32.7 Å². The third kappa shape index (κ3) is 7.32. The molecule has 1 aliphatic heterocycles. The molecule has 1 rings (SSSR count). The molecule has 1 heterocycles. The van der Waals surface area contributed by atoms with Crippen LogP contribution in [0.3, 0.4) is 0 Å². The van der Waals surface area contributed by atoms with Crippen LogP contribution in [-0.4, -0.2) is 54.8 Å². The minimum Gasteiger partial charge on any atom is -0.444 e. The summed E-state index contributed by atoms with van der Waals surface area (Å²) >= 11 is 0. The van der Waals surface area contributed by atoms with E-state index < -0.39 is 11.7 Å². The molecule has 0 aromatic heterocycles. The highest BCUT2D eigenvalue weighted by molar-refractivity contribution is 5.77. The Morgan fingerprint density at radius 1 is 1.33 bits per heavy atom. The Balaban J connectivity index is 2.25. The van der Waals surface area contributed by atoms with E-state index in [9.17, 15) is 9.59 Å². The largest absolute Gasteiger partial charge is 0.444 e. The van der Waals surface area contributed by atoms with Crippen molar-refractivity contribution in [3.05, 3.63) is 0 Å². The zero-order valence-electron chi connectivity index (χ0n) is 13.6. The van der Waals surface area contributed by atoms with Gasteiger partial charge in [-0.2, -0.15) is 0 Å². The molecule has 122 valence electrons. The van der Waals surface area contributed by atoms with Gasteiger partial charge in [0.05, 0.1) is 6.10 Å². The van der Waals surface area contributed by atoms with Crippen LogP contribution in [0.15, 0.2) is 0 Å². The van der Waals surface area contributed by atoms with Crippen molar-refractivity contribution in [1.82, 2.24) is 10.2 Å². The van der Waals surface area contributed by atoms with E-state index in [2.05, 4.69) is 5.32 Å². The fourth-order valence-electron chi connectivity index (χ4n) is 2.28. The molecule has 2 amide bonds.